The molecule has 0 aliphatic rings. The summed E-state index contributed by atoms with van der Waals surface area (Å²) in [6, 6.07) is 0. The second-order valence-electron chi connectivity index (χ2n) is 7.12. The van der Waals surface area contributed by atoms with Crippen LogP contribution in [0, 0.1) is 5.92 Å². The average molecular weight is 336 g/mol. The van der Waals surface area contributed by atoms with Gasteiger partial charge in [0.25, 0.3) is 0 Å². The van der Waals surface area contributed by atoms with Gasteiger partial charge in [-0.3, -0.25) is 0 Å². The van der Waals surface area contributed by atoms with Crippen molar-refractivity contribution in [3.8, 4) is 0 Å². The van der Waals surface area contributed by atoms with Gasteiger partial charge in [-0.05, 0) is 18.9 Å². The molecular weight excluding hydrogens is 290 g/mol. The van der Waals surface area contributed by atoms with Gasteiger partial charge in [-0.15, -0.1) is 12.4 Å². The van der Waals surface area contributed by atoms with Crippen molar-refractivity contribution in [3.63, 3.8) is 0 Å². The SMILES string of the molecule is CC(C)C.CCCCCCCCCCCCCCCCN.Cl. The van der Waals surface area contributed by atoms with E-state index in [1.54, 1.807) is 0 Å². The Morgan fingerprint density at radius 2 is 0.773 bits per heavy atom. The zero-order valence-corrected chi connectivity index (χ0v) is 17.0. The van der Waals surface area contributed by atoms with E-state index in [-0.39, 0.29) is 12.4 Å². The van der Waals surface area contributed by atoms with Crippen LogP contribution in [-0.4, -0.2) is 6.54 Å². The smallest absolute Gasteiger partial charge is 0.00773 e. The fraction of sp³-hybridized carbons (Fsp3) is 1.00. The van der Waals surface area contributed by atoms with E-state index in [9.17, 15) is 0 Å². The predicted molar refractivity (Wildman–Crippen MR) is 107 cm³/mol. The van der Waals surface area contributed by atoms with Gasteiger partial charge in [0.1, 0.15) is 0 Å². The lowest BCUT2D eigenvalue weighted by atomic mass is 10.0. The van der Waals surface area contributed by atoms with Crippen molar-refractivity contribution in [1.29, 1.82) is 0 Å². The Bertz CT molecular complexity index is 143. The number of rotatable bonds is 14. The second-order valence-corrected chi connectivity index (χ2v) is 7.12. The van der Waals surface area contributed by atoms with E-state index < -0.39 is 0 Å². The van der Waals surface area contributed by atoms with Crippen molar-refractivity contribution >= 4 is 12.4 Å². The molecule has 0 fully saturated rings. The van der Waals surface area contributed by atoms with Crippen LogP contribution in [0.4, 0.5) is 0 Å². The van der Waals surface area contributed by atoms with Gasteiger partial charge in [0.05, 0.1) is 0 Å². The van der Waals surface area contributed by atoms with E-state index >= 15 is 0 Å². The highest BCUT2D eigenvalue weighted by Crippen LogP contribution is 2.12. The van der Waals surface area contributed by atoms with Gasteiger partial charge in [0.2, 0.25) is 0 Å². The lowest BCUT2D eigenvalue weighted by Gasteiger charge is -2.02. The summed E-state index contributed by atoms with van der Waals surface area (Å²) in [4.78, 5) is 0. The normalized spacial score (nSPS) is 10.1. The molecule has 2 N–H and O–H groups in total. The van der Waals surface area contributed by atoms with Crippen LogP contribution in [0.25, 0.3) is 0 Å². The quantitative estimate of drug-likeness (QED) is 0.326. The van der Waals surface area contributed by atoms with E-state index in [1.807, 2.05) is 0 Å². The zero-order valence-electron chi connectivity index (χ0n) is 16.2. The lowest BCUT2D eigenvalue weighted by Crippen LogP contribution is -1.97. The molecule has 0 aromatic carbocycles. The van der Waals surface area contributed by atoms with E-state index in [4.69, 9.17) is 5.73 Å². The van der Waals surface area contributed by atoms with Crippen LogP contribution in [0.5, 0.6) is 0 Å². The number of nitrogens with two attached hydrogens (primary N) is 1. The first-order valence-corrected chi connectivity index (χ1v) is 9.85. The number of halogens is 1. The topological polar surface area (TPSA) is 26.0 Å². The first-order chi connectivity index (χ1) is 10.1. The molecule has 138 valence electrons. The minimum absolute atomic E-state index is 0. The van der Waals surface area contributed by atoms with E-state index in [1.165, 1.54) is 89.9 Å². The summed E-state index contributed by atoms with van der Waals surface area (Å²) in [7, 11) is 0. The maximum atomic E-state index is 5.47. The average Bonchev–Trinajstić information content (AvgIpc) is 2.43. The summed E-state index contributed by atoms with van der Waals surface area (Å²) in [5.74, 6) is 0.833. The molecule has 0 heterocycles. The molecule has 0 unspecified atom stereocenters. The predicted octanol–water partition coefficient (Wildman–Crippen LogP) is 7.51. The maximum absolute atomic E-state index is 5.47. The Morgan fingerprint density at radius 1 is 0.545 bits per heavy atom. The van der Waals surface area contributed by atoms with Crippen LogP contribution in [0.3, 0.4) is 0 Å². The Balaban J connectivity index is -0.000000640. The van der Waals surface area contributed by atoms with Crippen molar-refractivity contribution in [2.75, 3.05) is 6.54 Å². The van der Waals surface area contributed by atoms with Gasteiger partial charge in [-0.25, -0.2) is 0 Å². The van der Waals surface area contributed by atoms with Crippen molar-refractivity contribution in [1.82, 2.24) is 0 Å². The fourth-order valence-electron chi connectivity index (χ4n) is 2.34. The molecule has 22 heavy (non-hydrogen) atoms. The van der Waals surface area contributed by atoms with Crippen LogP contribution >= 0.6 is 12.4 Å². The molecule has 0 aromatic heterocycles. The third kappa shape index (κ3) is 37.0. The molecule has 2 heteroatoms. The summed E-state index contributed by atoms with van der Waals surface area (Å²) in [5.41, 5.74) is 5.47. The fourth-order valence-corrected chi connectivity index (χ4v) is 2.34. The van der Waals surface area contributed by atoms with Crippen LogP contribution in [-0.2, 0) is 0 Å². The van der Waals surface area contributed by atoms with Gasteiger partial charge in [-0.1, -0.05) is 111 Å². The first kappa shape index (κ1) is 27.1. The number of hydrogen-bond donors (Lipinski definition) is 1. The lowest BCUT2D eigenvalue weighted by molar-refractivity contribution is 0.536. The summed E-state index contributed by atoms with van der Waals surface area (Å²) in [5, 5.41) is 0. The Kier molecular flexibility index (Phi) is 32.2. The van der Waals surface area contributed by atoms with Crippen LogP contribution < -0.4 is 5.73 Å². The first-order valence-electron chi connectivity index (χ1n) is 9.85. The van der Waals surface area contributed by atoms with E-state index in [0.29, 0.717) is 0 Å². The summed E-state index contributed by atoms with van der Waals surface area (Å²) in [6.45, 7) is 9.66. The third-order valence-corrected chi connectivity index (χ3v) is 3.56. The standard InChI is InChI=1S/C16H35N.C4H10.ClH/c1-2-3-4-5-6-7-8-9-10-11-12-13-14-15-16-17;1-4(2)3;/h2-17H2,1H3;4H,1-3H3;1H. The monoisotopic (exact) mass is 335 g/mol. The highest BCUT2D eigenvalue weighted by Gasteiger charge is 1.93. The van der Waals surface area contributed by atoms with Gasteiger partial charge in [0.15, 0.2) is 0 Å². The molecule has 0 saturated heterocycles. The summed E-state index contributed by atoms with van der Waals surface area (Å²) >= 11 is 0. The maximum Gasteiger partial charge on any atom is -0.00773 e. The van der Waals surface area contributed by atoms with Crippen molar-refractivity contribution in [2.24, 2.45) is 11.7 Å². The molecule has 0 amide bonds. The second kappa shape index (κ2) is 26.2. The van der Waals surface area contributed by atoms with Crippen molar-refractivity contribution in [2.45, 2.75) is 118 Å². The van der Waals surface area contributed by atoms with Gasteiger partial charge < -0.3 is 5.73 Å². The highest BCUT2D eigenvalue weighted by molar-refractivity contribution is 5.85. The molecule has 0 aliphatic heterocycles. The molecule has 0 saturated carbocycles. The number of hydrogen-bond acceptors (Lipinski definition) is 1. The molecule has 1 nitrogen and oxygen atoms in total. The third-order valence-electron chi connectivity index (χ3n) is 3.56. The van der Waals surface area contributed by atoms with E-state index in [2.05, 4.69) is 27.7 Å². The summed E-state index contributed by atoms with van der Waals surface area (Å²) in [6.07, 6.45) is 19.9. The van der Waals surface area contributed by atoms with Crippen LogP contribution in [0.15, 0.2) is 0 Å². The molecule has 0 rings (SSSR count). The van der Waals surface area contributed by atoms with Crippen LogP contribution in [0.2, 0.25) is 0 Å². The zero-order chi connectivity index (χ0) is 16.2. The molecule has 0 radical (unpaired) electrons. The minimum atomic E-state index is 0. The molecule has 0 aliphatic carbocycles. The molecular formula is C20H46ClN. The van der Waals surface area contributed by atoms with Crippen molar-refractivity contribution in [3.05, 3.63) is 0 Å². The molecule has 0 spiro atoms. The van der Waals surface area contributed by atoms with E-state index in [0.717, 1.165) is 12.5 Å². The van der Waals surface area contributed by atoms with Gasteiger partial charge in [-0.2, -0.15) is 0 Å². The highest BCUT2D eigenvalue weighted by atomic mass is 35.5. The minimum Gasteiger partial charge on any atom is -0.330 e. The van der Waals surface area contributed by atoms with Crippen LogP contribution in [0.1, 0.15) is 118 Å². The Labute approximate surface area is 148 Å². The molecule has 0 bridgehead atoms. The van der Waals surface area contributed by atoms with Gasteiger partial charge in [0, 0.05) is 0 Å². The largest absolute Gasteiger partial charge is 0.330 e. The molecule has 0 aromatic rings. The van der Waals surface area contributed by atoms with Gasteiger partial charge >= 0.3 is 0 Å². The number of unbranched alkanes of at least 4 members (excludes halogenated alkanes) is 13. The Morgan fingerprint density at radius 3 is 1.00 bits per heavy atom. The molecule has 0 atom stereocenters. The van der Waals surface area contributed by atoms with Crippen molar-refractivity contribution < 1.29 is 0 Å². The Hall–Kier alpha value is 0.250. The summed E-state index contributed by atoms with van der Waals surface area (Å²) < 4.78 is 0.